The molecule has 10 heteroatoms. The number of thiazole rings is 1. The number of carbonyl (C=O) groups excluding carboxylic acids is 2. The Hall–Kier alpha value is -3.63. The zero-order chi connectivity index (χ0) is 27.5. The Labute approximate surface area is 231 Å². The molecule has 1 saturated heterocycles. The van der Waals surface area contributed by atoms with E-state index < -0.39 is 11.9 Å². The number of fused-ring (bicyclic) bond motifs is 1. The standard InChI is InChI=1S/C29H32N4O5S/c1-32-25(34)8-7-19-14-21(16-30-27(19)32)22-5-3-4-6-23(22)24-17-39-29(31-24)33(2)28(37)20(15-26(35)36)13-18-9-11-38-12-10-18/h3-6,14,16-18,20H,7-13,15H2,1-2H3,(H,35,36)/t20-/m1/s1. The van der Waals surface area contributed by atoms with Gasteiger partial charge in [0.25, 0.3) is 0 Å². The Kier molecular flexibility index (Phi) is 8.04. The monoisotopic (exact) mass is 548 g/mol. The van der Waals surface area contributed by atoms with Crippen LogP contribution in [-0.4, -0.2) is 60.2 Å². The number of hydrogen-bond acceptors (Lipinski definition) is 7. The number of hydrogen-bond donors (Lipinski definition) is 1. The molecule has 2 aliphatic rings. The minimum absolute atomic E-state index is 0.0650. The number of aryl methyl sites for hydroxylation is 1. The summed E-state index contributed by atoms with van der Waals surface area (Å²) in [4.78, 5) is 49.5. The van der Waals surface area contributed by atoms with Gasteiger partial charge in [-0.05, 0) is 48.8 Å². The number of rotatable bonds is 8. The van der Waals surface area contributed by atoms with E-state index in [1.807, 2.05) is 29.6 Å². The molecule has 9 nitrogen and oxygen atoms in total. The van der Waals surface area contributed by atoms with Gasteiger partial charge in [-0.25, -0.2) is 9.97 Å². The van der Waals surface area contributed by atoms with Crippen molar-refractivity contribution in [2.45, 2.75) is 38.5 Å². The van der Waals surface area contributed by atoms with Crippen molar-refractivity contribution in [2.24, 2.45) is 11.8 Å². The molecule has 0 bridgehead atoms. The number of pyridine rings is 1. The summed E-state index contributed by atoms with van der Waals surface area (Å²) in [5, 5.41) is 11.9. The van der Waals surface area contributed by atoms with Crippen LogP contribution in [0.2, 0.25) is 0 Å². The number of aliphatic carboxylic acids is 1. The minimum atomic E-state index is -0.975. The average molecular weight is 549 g/mol. The average Bonchev–Trinajstić information content (AvgIpc) is 3.44. The van der Waals surface area contributed by atoms with Crippen molar-refractivity contribution in [1.82, 2.24) is 9.97 Å². The van der Waals surface area contributed by atoms with Crippen LogP contribution in [0.4, 0.5) is 10.9 Å². The highest BCUT2D eigenvalue weighted by atomic mass is 32.1. The molecule has 2 amide bonds. The van der Waals surface area contributed by atoms with Crippen LogP contribution in [-0.2, 0) is 25.5 Å². The molecule has 0 spiro atoms. The molecule has 2 aromatic heterocycles. The van der Waals surface area contributed by atoms with Gasteiger partial charge in [0.1, 0.15) is 5.82 Å². The molecule has 1 atom stereocenters. The summed E-state index contributed by atoms with van der Waals surface area (Å²) in [7, 11) is 3.42. The first-order valence-electron chi connectivity index (χ1n) is 13.2. The molecule has 1 fully saturated rings. The SMILES string of the molecule is CN(C(=O)[C@@H](CC(=O)O)CC1CCOCC1)c1nc(-c2ccccc2-c2cnc3c(c2)CCC(=O)N3C)cs1. The first-order chi connectivity index (χ1) is 18.8. The fourth-order valence-electron chi connectivity index (χ4n) is 5.40. The summed E-state index contributed by atoms with van der Waals surface area (Å²) in [6.07, 6.45) is 4.91. The molecule has 204 valence electrons. The number of carboxylic acids is 1. The Balaban J connectivity index is 1.39. The van der Waals surface area contributed by atoms with E-state index in [1.54, 1.807) is 25.2 Å². The summed E-state index contributed by atoms with van der Waals surface area (Å²) in [5.74, 6) is -0.771. The van der Waals surface area contributed by atoms with Crippen molar-refractivity contribution in [2.75, 3.05) is 37.1 Å². The Morgan fingerprint density at radius 3 is 2.69 bits per heavy atom. The van der Waals surface area contributed by atoms with Gasteiger partial charge in [-0.2, -0.15) is 0 Å². The molecule has 1 N–H and O–H groups in total. The molecular weight excluding hydrogens is 516 g/mol. The van der Waals surface area contributed by atoms with Crippen LogP contribution >= 0.6 is 11.3 Å². The van der Waals surface area contributed by atoms with Crippen LogP contribution in [0.5, 0.6) is 0 Å². The van der Waals surface area contributed by atoms with Gasteiger partial charge >= 0.3 is 5.97 Å². The minimum Gasteiger partial charge on any atom is -0.481 e. The molecule has 5 rings (SSSR count). The summed E-state index contributed by atoms with van der Waals surface area (Å²) < 4.78 is 5.42. The number of aromatic nitrogens is 2. The van der Waals surface area contributed by atoms with Crippen LogP contribution in [0.15, 0.2) is 41.9 Å². The highest BCUT2D eigenvalue weighted by Crippen LogP contribution is 2.37. The van der Waals surface area contributed by atoms with Crippen LogP contribution in [0, 0.1) is 11.8 Å². The predicted molar refractivity (Wildman–Crippen MR) is 150 cm³/mol. The highest BCUT2D eigenvalue weighted by Gasteiger charge is 2.30. The third-order valence-electron chi connectivity index (χ3n) is 7.60. The Bertz CT molecular complexity index is 1380. The van der Waals surface area contributed by atoms with Crippen molar-refractivity contribution < 1.29 is 24.2 Å². The first-order valence-corrected chi connectivity index (χ1v) is 14.1. The first kappa shape index (κ1) is 27.0. The maximum atomic E-state index is 13.4. The van der Waals surface area contributed by atoms with Gasteiger partial charge in [0.2, 0.25) is 11.8 Å². The van der Waals surface area contributed by atoms with E-state index in [4.69, 9.17) is 9.72 Å². The van der Waals surface area contributed by atoms with Crippen LogP contribution in [0.3, 0.4) is 0 Å². The fourth-order valence-corrected chi connectivity index (χ4v) is 6.19. The molecule has 4 heterocycles. The molecular formula is C29H32N4O5S. The lowest BCUT2D eigenvalue weighted by Gasteiger charge is -2.27. The Morgan fingerprint density at radius 2 is 1.95 bits per heavy atom. The number of anilines is 2. The fraction of sp³-hybridized carbons (Fsp3) is 0.414. The quantitative estimate of drug-likeness (QED) is 0.436. The summed E-state index contributed by atoms with van der Waals surface area (Å²) >= 11 is 1.36. The van der Waals surface area contributed by atoms with E-state index in [2.05, 4.69) is 11.1 Å². The van der Waals surface area contributed by atoms with Crippen molar-refractivity contribution in [3.05, 3.63) is 47.5 Å². The second-order valence-corrected chi connectivity index (χ2v) is 11.0. The van der Waals surface area contributed by atoms with E-state index >= 15 is 0 Å². The van der Waals surface area contributed by atoms with Crippen molar-refractivity contribution in [1.29, 1.82) is 0 Å². The van der Waals surface area contributed by atoms with Crippen LogP contribution in [0.1, 0.15) is 37.7 Å². The smallest absolute Gasteiger partial charge is 0.304 e. The van der Waals surface area contributed by atoms with Crippen LogP contribution < -0.4 is 9.80 Å². The van der Waals surface area contributed by atoms with E-state index in [-0.39, 0.29) is 24.2 Å². The van der Waals surface area contributed by atoms with Gasteiger partial charge in [0.05, 0.1) is 12.1 Å². The summed E-state index contributed by atoms with van der Waals surface area (Å²) in [6.45, 7) is 1.30. The summed E-state index contributed by atoms with van der Waals surface area (Å²) in [5.41, 5.74) is 4.56. The third kappa shape index (κ3) is 5.86. The predicted octanol–water partition coefficient (Wildman–Crippen LogP) is 4.65. The normalized spacial score (nSPS) is 16.6. The van der Waals surface area contributed by atoms with Crippen molar-refractivity contribution in [3.8, 4) is 22.4 Å². The van der Waals surface area contributed by atoms with E-state index in [1.165, 1.54) is 16.2 Å². The third-order valence-corrected chi connectivity index (χ3v) is 8.51. The number of amides is 2. The number of ether oxygens (including phenoxy) is 1. The Morgan fingerprint density at radius 1 is 1.21 bits per heavy atom. The van der Waals surface area contributed by atoms with Gasteiger partial charge in [-0.3, -0.25) is 24.2 Å². The number of carbonyl (C=O) groups is 3. The van der Waals surface area contributed by atoms with E-state index in [0.29, 0.717) is 43.4 Å². The number of benzene rings is 1. The molecule has 2 aliphatic heterocycles. The van der Waals surface area contributed by atoms with Gasteiger partial charge < -0.3 is 9.84 Å². The van der Waals surface area contributed by atoms with Gasteiger partial charge in [-0.15, -0.1) is 11.3 Å². The van der Waals surface area contributed by atoms with E-state index in [0.717, 1.165) is 40.8 Å². The maximum Gasteiger partial charge on any atom is 0.304 e. The van der Waals surface area contributed by atoms with Crippen molar-refractivity contribution >= 4 is 40.1 Å². The van der Waals surface area contributed by atoms with Crippen LogP contribution in [0.25, 0.3) is 22.4 Å². The second-order valence-electron chi connectivity index (χ2n) is 10.2. The zero-order valence-electron chi connectivity index (χ0n) is 22.1. The topological polar surface area (TPSA) is 113 Å². The lowest BCUT2D eigenvalue weighted by Crippen LogP contribution is -2.35. The van der Waals surface area contributed by atoms with Gasteiger partial charge in [-0.1, -0.05) is 24.3 Å². The van der Waals surface area contributed by atoms with Gasteiger partial charge in [0, 0.05) is 62.4 Å². The molecule has 3 aromatic rings. The molecule has 0 aliphatic carbocycles. The maximum absolute atomic E-state index is 13.4. The van der Waals surface area contributed by atoms with Gasteiger partial charge in [0.15, 0.2) is 5.13 Å². The molecule has 0 radical (unpaired) electrons. The van der Waals surface area contributed by atoms with Crippen molar-refractivity contribution in [3.63, 3.8) is 0 Å². The number of carboxylic acid groups (broad SMARTS) is 1. The highest BCUT2D eigenvalue weighted by molar-refractivity contribution is 7.14. The van der Waals surface area contributed by atoms with E-state index in [9.17, 15) is 19.5 Å². The lowest BCUT2D eigenvalue weighted by molar-refractivity contribution is -0.141. The zero-order valence-corrected chi connectivity index (χ0v) is 22.9. The molecule has 0 unspecified atom stereocenters. The lowest BCUT2D eigenvalue weighted by atomic mass is 9.86. The molecule has 39 heavy (non-hydrogen) atoms. The largest absolute Gasteiger partial charge is 0.481 e. The molecule has 0 saturated carbocycles. The summed E-state index contributed by atoms with van der Waals surface area (Å²) in [6, 6.07) is 10.00. The number of nitrogens with zero attached hydrogens (tertiary/aromatic N) is 4. The second kappa shape index (κ2) is 11.6. The molecule has 1 aromatic carbocycles.